The van der Waals surface area contributed by atoms with Gasteiger partial charge >= 0.3 is 6.36 Å². The van der Waals surface area contributed by atoms with Crippen molar-refractivity contribution in [1.82, 2.24) is 0 Å². The molecule has 2 rings (SSSR count). The Kier molecular flexibility index (Phi) is 4.72. The molecule has 0 aromatic heterocycles. The Labute approximate surface area is 126 Å². The summed E-state index contributed by atoms with van der Waals surface area (Å²) < 4.78 is 53.9. The van der Waals surface area contributed by atoms with Gasteiger partial charge in [-0.3, -0.25) is 0 Å². The standard InChI is InChI=1S/C14H10BrF4NO/c15-12-5-4-10(7-13(12)16)20-8-9-2-1-3-11(6-9)21-14(17,18)19/h1-7,20H,8H2. The van der Waals surface area contributed by atoms with Crippen molar-refractivity contribution < 1.29 is 22.3 Å². The molecule has 0 aliphatic rings. The Morgan fingerprint density at radius 3 is 2.52 bits per heavy atom. The molecule has 7 heteroatoms. The van der Waals surface area contributed by atoms with Crippen LogP contribution in [0.1, 0.15) is 5.56 Å². The number of hydrogen-bond donors (Lipinski definition) is 1. The Bertz CT molecular complexity index is 631. The summed E-state index contributed by atoms with van der Waals surface area (Å²) in [7, 11) is 0. The highest BCUT2D eigenvalue weighted by molar-refractivity contribution is 9.10. The average molecular weight is 364 g/mol. The van der Waals surface area contributed by atoms with Crippen LogP contribution in [0.5, 0.6) is 5.75 Å². The van der Waals surface area contributed by atoms with E-state index in [1.165, 1.54) is 24.3 Å². The highest BCUT2D eigenvalue weighted by atomic mass is 79.9. The van der Waals surface area contributed by atoms with Gasteiger partial charge in [0.2, 0.25) is 0 Å². The molecule has 112 valence electrons. The molecule has 0 atom stereocenters. The van der Waals surface area contributed by atoms with E-state index < -0.39 is 12.2 Å². The van der Waals surface area contributed by atoms with Gasteiger partial charge in [-0.25, -0.2) is 4.39 Å². The minimum absolute atomic E-state index is 0.246. The van der Waals surface area contributed by atoms with Gasteiger partial charge in [0.05, 0.1) is 4.47 Å². The fourth-order valence-corrected chi connectivity index (χ4v) is 1.91. The molecule has 21 heavy (non-hydrogen) atoms. The quantitative estimate of drug-likeness (QED) is 0.763. The van der Waals surface area contributed by atoms with Crippen LogP contribution in [0.2, 0.25) is 0 Å². The summed E-state index contributed by atoms with van der Waals surface area (Å²) in [6.07, 6.45) is -4.72. The summed E-state index contributed by atoms with van der Waals surface area (Å²) in [5, 5.41) is 2.92. The fourth-order valence-electron chi connectivity index (χ4n) is 1.66. The minimum Gasteiger partial charge on any atom is -0.406 e. The lowest BCUT2D eigenvalue weighted by molar-refractivity contribution is -0.274. The lowest BCUT2D eigenvalue weighted by Gasteiger charge is -2.11. The SMILES string of the molecule is Fc1cc(NCc2cccc(OC(F)(F)F)c2)ccc1Br. The van der Waals surface area contributed by atoms with Crippen molar-refractivity contribution in [2.45, 2.75) is 12.9 Å². The number of ether oxygens (including phenoxy) is 1. The second-order valence-electron chi connectivity index (χ2n) is 4.18. The summed E-state index contributed by atoms with van der Waals surface area (Å²) in [4.78, 5) is 0. The van der Waals surface area contributed by atoms with Gasteiger partial charge in [-0.1, -0.05) is 12.1 Å². The third kappa shape index (κ3) is 4.93. The molecule has 0 saturated carbocycles. The van der Waals surface area contributed by atoms with E-state index in [9.17, 15) is 17.6 Å². The molecule has 0 radical (unpaired) electrons. The van der Waals surface area contributed by atoms with Crippen LogP contribution in [-0.4, -0.2) is 6.36 Å². The van der Waals surface area contributed by atoms with E-state index in [0.717, 1.165) is 0 Å². The van der Waals surface area contributed by atoms with Crippen molar-refractivity contribution in [2.75, 3.05) is 5.32 Å². The van der Waals surface area contributed by atoms with Crippen LogP contribution in [0.25, 0.3) is 0 Å². The molecule has 1 N–H and O–H groups in total. The van der Waals surface area contributed by atoms with E-state index >= 15 is 0 Å². The zero-order valence-corrected chi connectivity index (χ0v) is 12.1. The molecule has 0 bridgehead atoms. The van der Waals surface area contributed by atoms with Gasteiger partial charge in [-0.05, 0) is 51.8 Å². The molecule has 0 heterocycles. The molecule has 0 amide bonds. The van der Waals surface area contributed by atoms with Crippen LogP contribution in [0.3, 0.4) is 0 Å². The number of nitrogens with one attached hydrogen (secondary N) is 1. The molecular formula is C14H10BrF4NO. The highest BCUT2D eigenvalue weighted by Gasteiger charge is 2.31. The maximum absolute atomic E-state index is 13.3. The van der Waals surface area contributed by atoms with Gasteiger partial charge in [-0.15, -0.1) is 13.2 Å². The predicted octanol–water partition coefficient (Wildman–Crippen LogP) is 5.10. The summed E-state index contributed by atoms with van der Waals surface area (Å²) in [5.41, 5.74) is 1.11. The van der Waals surface area contributed by atoms with Crippen molar-refractivity contribution in [3.8, 4) is 5.75 Å². The van der Waals surface area contributed by atoms with E-state index in [1.54, 1.807) is 18.2 Å². The zero-order chi connectivity index (χ0) is 15.5. The van der Waals surface area contributed by atoms with Crippen LogP contribution >= 0.6 is 15.9 Å². The van der Waals surface area contributed by atoms with Crippen molar-refractivity contribution in [1.29, 1.82) is 0 Å². The van der Waals surface area contributed by atoms with Crippen molar-refractivity contribution in [3.63, 3.8) is 0 Å². The largest absolute Gasteiger partial charge is 0.573 e. The molecular weight excluding hydrogens is 354 g/mol. The number of alkyl halides is 3. The van der Waals surface area contributed by atoms with E-state index in [0.29, 0.717) is 15.7 Å². The first-order valence-corrected chi connectivity index (χ1v) is 6.66. The second-order valence-corrected chi connectivity index (χ2v) is 5.03. The van der Waals surface area contributed by atoms with E-state index in [4.69, 9.17) is 0 Å². The lowest BCUT2D eigenvalue weighted by Crippen LogP contribution is -2.17. The maximum Gasteiger partial charge on any atom is 0.573 e. The molecule has 2 nitrogen and oxygen atoms in total. The van der Waals surface area contributed by atoms with Crippen LogP contribution in [0.4, 0.5) is 23.2 Å². The first-order valence-electron chi connectivity index (χ1n) is 5.87. The van der Waals surface area contributed by atoms with Gasteiger partial charge in [0, 0.05) is 12.2 Å². The van der Waals surface area contributed by atoms with E-state index in [1.807, 2.05) is 0 Å². The molecule has 0 fully saturated rings. The maximum atomic E-state index is 13.3. The number of hydrogen-bond acceptors (Lipinski definition) is 2. The lowest BCUT2D eigenvalue weighted by atomic mass is 10.2. The summed E-state index contributed by atoms with van der Waals surface area (Å²) in [6.45, 7) is 0.246. The van der Waals surface area contributed by atoms with Crippen LogP contribution < -0.4 is 10.1 Å². The average Bonchev–Trinajstić information content (AvgIpc) is 2.39. The second kappa shape index (κ2) is 6.34. The monoisotopic (exact) mass is 363 g/mol. The van der Waals surface area contributed by atoms with Gasteiger partial charge in [0.1, 0.15) is 11.6 Å². The van der Waals surface area contributed by atoms with Gasteiger partial charge in [0.25, 0.3) is 0 Å². The Morgan fingerprint density at radius 1 is 1.10 bits per heavy atom. The number of rotatable bonds is 4. The third-order valence-electron chi connectivity index (χ3n) is 2.55. The number of benzene rings is 2. The first kappa shape index (κ1) is 15.6. The summed E-state index contributed by atoms with van der Waals surface area (Å²) >= 11 is 3.04. The van der Waals surface area contributed by atoms with Gasteiger partial charge in [0.15, 0.2) is 0 Å². The van der Waals surface area contributed by atoms with E-state index in [2.05, 4.69) is 26.0 Å². The van der Waals surface area contributed by atoms with Gasteiger partial charge in [-0.2, -0.15) is 0 Å². The minimum atomic E-state index is -4.72. The first-order chi connectivity index (χ1) is 9.83. The molecule has 0 aliphatic carbocycles. The fraction of sp³-hybridized carbons (Fsp3) is 0.143. The highest BCUT2D eigenvalue weighted by Crippen LogP contribution is 2.24. The Morgan fingerprint density at radius 2 is 1.86 bits per heavy atom. The zero-order valence-electron chi connectivity index (χ0n) is 10.5. The molecule has 0 spiro atoms. The van der Waals surface area contributed by atoms with Crippen molar-refractivity contribution >= 4 is 21.6 Å². The van der Waals surface area contributed by atoms with Crippen molar-refractivity contribution in [3.05, 3.63) is 58.3 Å². The van der Waals surface area contributed by atoms with Crippen LogP contribution in [0.15, 0.2) is 46.9 Å². The van der Waals surface area contributed by atoms with Crippen molar-refractivity contribution in [2.24, 2.45) is 0 Å². The molecule has 0 aliphatic heterocycles. The van der Waals surface area contributed by atoms with E-state index in [-0.39, 0.29) is 12.3 Å². The molecule has 2 aromatic rings. The third-order valence-corrected chi connectivity index (χ3v) is 3.19. The molecule has 0 saturated heterocycles. The Hall–Kier alpha value is -1.76. The predicted molar refractivity (Wildman–Crippen MR) is 74.6 cm³/mol. The van der Waals surface area contributed by atoms with Crippen LogP contribution in [-0.2, 0) is 6.54 Å². The summed E-state index contributed by atoms with van der Waals surface area (Å²) in [5.74, 6) is -0.710. The normalized spacial score (nSPS) is 11.3. The summed E-state index contributed by atoms with van der Waals surface area (Å²) in [6, 6.07) is 10.1. The molecule has 2 aromatic carbocycles. The topological polar surface area (TPSA) is 21.3 Å². The number of halogens is 5. The van der Waals surface area contributed by atoms with Crippen LogP contribution in [0, 0.1) is 5.82 Å². The number of anilines is 1. The Balaban J connectivity index is 2.03. The molecule has 0 unspecified atom stereocenters. The smallest absolute Gasteiger partial charge is 0.406 e. The van der Waals surface area contributed by atoms with Gasteiger partial charge < -0.3 is 10.1 Å².